The van der Waals surface area contributed by atoms with Crippen molar-refractivity contribution in [3.8, 4) is 28.4 Å². The van der Waals surface area contributed by atoms with Gasteiger partial charge in [0.25, 0.3) is 0 Å². The first-order valence-corrected chi connectivity index (χ1v) is 9.08. The number of aryl methyl sites for hydroxylation is 1. The molecule has 0 amide bonds. The predicted octanol–water partition coefficient (Wildman–Crippen LogP) is 2.95. The number of hydrogen-bond acceptors (Lipinski definition) is 7. The number of fused-ring (bicyclic) bond motifs is 3. The van der Waals surface area contributed by atoms with Crippen molar-refractivity contribution < 1.29 is 34.4 Å². The Morgan fingerprint density at radius 3 is 2.17 bits per heavy atom. The number of carbonyl (C=O) groups is 3. The van der Waals surface area contributed by atoms with Crippen LogP contribution in [0, 0.1) is 6.92 Å². The van der Waals surface area contributed by atoms with Gasteiger partial charge >= 0.3 is 0 Å². The van der Waals surface area contributed by atoms with Crippen molar-refractivity contribution in [2.24, 2.45) is 0 Å². The van der Waals surface area contributed by atoms with Crippen LogP contribution < -0.4 is 4.74 Å². The van der Waals surface area contributed by atoms with Crippen LogP contribution in [-0.4, -0.2) is 44.9 Å². The topological polar surface area (TPSA) is 121 Å². The summed E-state index contributed by atoms with van der Waals surface area (Å²) in [4.78, 5) is 37.4. The zero-order valence-electron chi connectivity index (χ0n) is 16.6. The highest BCUT2D eigenvalue weighted by molar-refractivity contribution is 6.36. The van der Waals surface area contributed by atoms with Gasteiger partial charge in [0.1, 0.15) is 29.6 Å². The monoisotopic (exact) mass is 398 g/mol. The first kappa shape index (κ1) is 20.5. The van der Waals surface area contributed by atoms with Gasteiger partial charge < -0.3 is 20.1 Å². The lowest BCUT2D eigenvalue weighted by Gasteiger charge is -2.17. The molecule has 0 aromatic heterocycles. The summed E-state index contributed by atoms with van der Waals surface area (Å²) in [6.45, 7) is 6.81. The van der Waals surface area contributed by atoms with E-state index in [2.05, 4.69) is 0 Å². The summed E-state index contributed by atoms with van der Waals surface area (Å²) >= 11 is 0. The highest BCUT2D eigenvalue weighted by atomic mass is 16.5. The molecule has 0 aromatic rings. The standard InChI is InChI=1S/C22H22O7/c1-10(2)5-6-29-15-8-14(25)17-16(15)11(3)7-13(24)18-19(17)21(27)22(28,20(18)26)9-12(4)23/h5,7-8,24-25,28H,6,9H2,1-4H3. The number of ketones is 3. The zero-order valence-corrected chi connectivity index (χ0v) is 16.6. The van der Waals surface area contributed by atoms with Gasteiger partial charge in [-0.05, 0) is 45.4 Å². The Labute approximate surface area is 167 Å². The average Bonchev–Trinajstić information content (AvgIpc) is 2.96. The molecular weight excluding hydrogens is 376 g/mol. The number of aromatic hydroxyl groups is 2. The summed E-state index contributed by atoms with van der Waals surface area (Å²) in [6.07, 6.45) is 1.12. The molecule has 0 aromatic carbocycles. The van der Waals surface area contributed by atoms with Crippen molar-refractivity contribution >= 4 is 17.3 Å². The van der Waals surface area contributed by atoms with Gasteiger partial charge in [0.2, 0.25) is 11.6 Å². The molecule has 7 nitrogen and oxygen atoms in total. The third-order valence-corrected chi connectivity index (χ3v) is 4.96. The fraction of sp³-hybridized carbons (Fsp3) is 0.318. The van der Waals surface area contributed by atoms with Crippen molar-refractivity contribution in [1.29, 1.82) is 0 Å². The normalized spacial score (nSPS) is 18.1. The lowest BCUT2D eigenvalue weighted by atomic mass is 9.90. The second-order valence-electron chi connectivity index (χ2n) is 7.60. The van der Waals surface area contributed by atoms with Crippen LogP contribution >= 0.6 is 0 Å². The smallest absolute Gasteiger partial charge is 0.207 e. The molecule has 0 spiro atoms. The highest BCUT2D eigenvalue weighted by Crippen LogP contribution is 2.51. The first-order chi connectivity index (χ1) is 13.5. The molecule has 0 saturated heterocycles. The van der Waals surface area contributed by atoms with E-state index in [1.165, 1.54) is 12.1 Å². The van der Waals surface area contributed by atoms with Gasteiger partial charge in [-0.2, -0.15) is 0 Å². The molecule has 0 saturated carbocycles. The maximum absolute atomic E-state index is 13.1. The summed E-state index contributed by atoms with van der Waals surface area (Å²) in [7, 11) is 0. The van der Waals surface area contributed by atoms with E-state index in [4.69, 9.17) is 4.74 Å². The van der Waals surface area contributed by atoms with E-state index in [9.17, 15) is 29.7 Å². The largest absolute Gasteiger partial charge is 0.507 e. The minimum Gasteiger partial charge on any atom is -0.507 e. The van der Waals surface area contributed by atoms with Crippen LogP contribution in [0.2, 0.25) is 0 Å². The van der Waals surface area contributed by atoms with Crippen molar-refractivity contribution in [1.82, 2.24) is 0 Å². The molecule has 7 heteroatoms. The Morgan fingerprint density at radius 1 is 1.00 bits per heavy atom. The number of rotatable bonds is 5. The molecule has 29 heavy (non-hydrogen) atoms. The molecule has 0 bridgehead atoms. The van der Waals surface area contributed by atoms with Crippen LogP contribution in [-0.2, 0) is 4.79 Å². The van der Waals surface area contributed by atoms with E-state index < -0.39 is 40.7 Å². The summed E-state index contributed by atoms with van der Waals surface area (Å²) < 4.78 is 5.72. The van der Waals surface area contributed by atoms with Crippen molar-refractivity contribution in [2.45, 2.75) is 39.7 Å². The van der Waals surface area contributed by atoms with Crippen molar-refractivity contribution in [2.75, 3.05) is 6.61 Å². The lowest BCUT2D eigenvalue weighted by Crippen LogP contribution is -2.42. The summed E-state index contributed by atoms with van der Waals surface area (Å²) in [5.74, 6) is -3.21. The second-order valence-corrected chi connectivity index (χ2v) is 7.60. The number of aliphatic hydroxyl groups is 1. The van der Waals surface area contributed by atoms with Gasteiger partial charge in [0.15, 0.2) is 5.60 Å². The van der Waals surface area contributed by atoms with E-state index in [1.54, 1.807) is 6.92 Å². The first-order valence-electron chi connectivity index (χ1n) is 9.08. The maximum atomic E-state index is 13.1. The Balaban J connectivity index is 2.27. The van der Waals surface area contributed by atoms with Crippen molar-refractivity contribution in [3.05, 3.63) is 40.5 Å². The van der Waals surface area contributed by atoms with Crippen LogP contribution in [0.15, 0.2) is 23.8 Å². The Kier molecular flexibility index (Phi) is 4.96. The van der Waals surface area contributed by atoms with Gasteiger partial charge in [-0.1, -0.05) is 5.57 Å². The summed E-state index contributed by atoms with van der Waals surface area (Å²) in [5, 5.41) is 31.7. The molecule has 0 radical (unpaired) electrons. The van der Waals surface area contributed by atoms with Gasteiger partial charge in [-0.15, -0.1) is 0 Å². The average molecular weight is 398 g/mol. The third-order valence-electron chi connectivity index (χ3n) is 4.96. The Morgan fingerprint density at radius 2 is 1.59 bits per heavy atom. The van der Waals surface area contributed by atoms with E-state index in [-0.39, 0.29) is 29.2 Å². The fourth-order valence-electron chi connectivity index (χ4n) is 3.67. The van der Waals surface area contributed by atoms with Crippen LogP contribution in [0.1, 0.15) is 53.5 Å². The van der Waals surface area contributed by atoms with Crippen LogP contribution in [0.5, 0.6) is 17.2 Å². The molecule has 3 N–H and O–H groups in total. The molecule has 0 aliphatic heterocycles. The van der Waals surface area contributed by atoms with Gasteiger partial charge in [0, 0.05) is 29.2 Å². The molecule has 1 atom stereocenters. The molecular formula is C22H22O7. The Hall–Kier alpha value is -3.19. The molecule has 152 valence electrons. The molecule has 1 unspecified atom stereocenters. The minimum absolute atomic E-state index is 0.00262. The number of allylic oxidation sites excluding steroid dienone is 1. The van der Waals surface area contributed by atoms with Crippen LogP contribution in [0.25, 0.3) is 11.1 Å². The van der Waals surface area contributed by atoms with Crippen LogP contribution in [0.4, 0.5) is 0 Å². The lowest BCUT2D eigenvalue weighted by molar-refractivity contribution is -0.119. The molecule has 3 aliphatic rings. The summed E-state index contributed by atoms with van der Waals surface area (Å²) in [5.41, 5.74) is -1.48. The number of hydrogen-bond donors (Lipinski definition) is 3. The molecule has 0 heterocycles. The van der Waals surface area contributed by atoms with Gasteiger partial charge in [0.05, 0.1) is 5.56 Å². The minimum atomic E-state index is -2.60. The molecule has 3 rings (SSSR count). The Bertz CT molecular complexity index is 1060. The van der Waals surface area contributed by atoms with E-state index in [0.717, 1.165) is 12.5 Å². The third kappa shape index (κ3) is 3.17. The molecule has 3 aliphatic carbocycles. The van der Waals surface area contributed by atoms with Crippen molar-refractivity contribution in [3.63, 3.8) is 0 Å². The summed E-state index contributed by atoms with van der Waals surface area (Å²) in [6, 6.07) is 2.60. The van der Waals surface area contributed by atoms with E-state index >= 15 is 0 Å². The van der Waals surface area contributed by atoms with Gasteiger partial charge in [-0.25, -0.2) is 0 Å². The second kappa shape index (κ2) is 7.00. The number of Topliss-reactive ketones (excluding diaryl/α,β-unsaturated/α-hetero) is 3. The van der Waals surface area contributed by atoms with E-state index in [0.29, 0.717) is 11.1 Å². The molecule has 0 fully saturated rings. The SMILES string of the molecule is CC(=O)CC1(O)C(=O)c2c(O)cc(C)c3c(OCC=C(C)C)cc(O)c-3c2C1=O. The number of ether oxygens (including phenoxy) is 1. The predicted molar refractivity (Wildman–Crippen MR) is 105 cm³/mol. The maximum Gasteiger partial charge on any atom is 0.207 e. The zero-order chi connectivity index (χ0) is 21.7. The fourth-order valence-corrected chi connectivity index (χ4v) is 3.67. The van der Waals surface area contributed by atoms with Gasteiger partial charge in [-0.3, -0.25) is 14.4 Å². The number of carbonyl (C=O) groups excluding carboxylic acids is 3. The van der Waals surface area contributed by atoms with Crippen LogP contribution in [0.3, 0.4) is 0 Å². The highest BCUT2D eigenvalue weighted by Gasteiger charge is 2.55. The van der Waals surface area contributed by atoms with E-state index in [1.807, 2.05) is 19.9 Å². The quantitative estimate of drug-likeness (QED) is 0.523.